The monoisotopic (exact) mass is 295 g/mol. The molecule has 0 spiro atoms. The van der Waals surface area contributed by atoms with Gasteiger partial charge in [-0.1, -0.05) is 60.7 Å². The Morgan fingerprint density at radius 3 is 2.05 bits per heavy atom. The standard InChI is InChI=1S/C19H21NO2/c21-17-11-12-20(14-17)19(22)13-18(15-7-3-1-4-8-15)16-9-5-2-6-10-16/h1-10,17-18,21H,11-14H2/t17-/m0/s1. The van der Waals surface area contributed by atoms with Gasteiger partial charge in [-0.15, -0.1) is 0 Å². The van der Waals surface area contributed by atoms with E-state index in [0.717, 1.165) is 11.1 Å². The highest BCUT2D eigenvalue weighted by Gasteiger charge is 2.27. The summed E-state index contributed by atoms with van der Waals surface area (Å²) >= 11 is 0. The lowest BCUT2D eigenvalue weighted by atomic mass is 9.88. The van der Waals surface area contributed by atoms with Crippen LogP contribution in [0.15, 0.2) is 60.7 Å². The normalized spacial score (nSPS) is 17.9. The molecule has 2 aromatic carbocycles. The molecule has 0 aliphatic carbocycles. The van der Waals surface area contributed by atoms with Crippen molar-refractivity contribution in [1.82, 2.24) is 4.90 Å². The second kappa shape index (κ2) is 6.75. The predicted molar refractivity (Wildman–Crippen MR) is 86.5 cm³/mol. The molecular formula is C19H21NO2. The molecule has 1 atom stereocenters. The maximum absolute atomic E-state index is 12.6. The maximum atomic E-state index is 12.6. The van der Waals surface area contributed by atoms with Gasteiger partial charge in [-0.3, -0.25) is 4.79 Å². The summed E-state index contributed by atoms with van der Waals surface area (Å²) in [6.07, 6.45) is 0.768. The summed E-state index contributed by atoms with van der Waals surface area (Å²) in [7, 11) is 0. The summed E-state index contributed by atoms with van der Waals surface area (Å²) in [6.45, 7) is 1.13. The van der Waals surface area contributed by atoms with E-state index in [2.05, 4.69) is 24.3 Å². The summed E-state index contributed by atoms with van der Waals surface area (Å²) < 4.78 is 0. The van der Waals surface area contributed by atoms with Crippen LogP contribution in [0.1, 0.15) is 29.9 Å². The van der Waals surface area contributed by atoms with Gasteiger partial charge >= 0.3 is 0 Å². The van der Waals surface area contributed by atoms with Crippen LogP contribution in [0.2, 0.25) is 0 Å². The van der Waals surface area contributed by atoms with E-state index in [1.54, 1.807) is 4.90 Å². The Morgan fingerprint density at radius 1 is 1.05 bits per heavy atom. The van der Waals surface area contributed by atoms with Crippen molar-refractivity contribution in [2.75, 3.05) is 13.1 Å². The number of likely N-dealkylation sites (tertiary alicyclic amines) is 1. The first-order chi connectivity index (χ1) is 10.7. The molecule has 1 aliphatic rings. The highest BCUT2D eigenvalue weighted by atomic mass is 16.3. The van der Waals surface area contributed by atoms with E-state index < -0.39 is 0 Å². The molecule has 1 amide bonds. The molecule has 0 saturated carbocycles. The van der Waals surface area contributed by atoms with Gasteiger partial charge in [-0.2, -0.15) is 0 Å². The number of amides is 1. The Labute approximate surface area is 131 Å². The van der Waals surface area contributed by atoms with Gasteiger partial charge in [0.2, 0.25) is 5.91 Å². The predicted octanol–water partition coefficient (Wildman–Crippen LogP) is 2.80. The molecule has 3 rings (SSSR count). The molecule has 0 aromatic heterocycles. The molecule has 1 heterocycles. The fourth-order valence-corrected chi connectivity index (χ4v) is 3.07. The van der Waals surface area contributed by atoms with Crippen LogP contribution in [0.3, 0.4) is 0 Å². The minimum absolute atomic E-state index is 0.0626. The maximum Gasteiger partial charge on any atom is 0.223 e. The zero-order valence-corrected chi connectivity index (χ0v) is 12.6. The average Bonchev–Trinajstić information content (AvgIpc) is 3.01. The van der Waals surface area contributed by atoms with Crippen LogP contribution >= 0.6 is 0 Å². The van der Waals surface area contributed by atoms with Crippen molar-refractivity contribution in [3.63, 3.8) is 0 Å². The average molecular weight is 295 g/mol. The van der Waals surface area contributed by atoms with E-state index in [0.29, 0.717) is 25.9 Å². The first kappa shape index (κ1) is 14.8. The van der Waals surface area contributed by atoms with E-state index in [1.165, 1.54) is 0 Å². The topological polar surface area (TPSA) is 40.5 Å². The number of aliphatic hydroxyl groups is 1. The van der Waals surface area contributed by atoms with Crippen LogP contribution in [0.4, 0.5) is 0 Å². The smallest absolute Gasteiger partial charge is 0.223 e. The van der Waals surface area contributed by atoms with Gasteiger partial charge in [0, 0.05) is 25.4 Å². The van der Waals surface area contributed by atoms with Crippen LogP contribution in [0.25, 0.3) is 0 Å². The number of carbonyl (C=O) groups is 1. The van der Waals surface area contributed by atoms with Gasteiger partial charge in [-0.25, -0.2) is 0 Å². The van der Waals surface area contributed by atoms with Gasteiger partial charge in [-0.05, 0) is 17.5 Å². The third kappa shape index (κ3) is 3.37. The molecule has 1 fully saturated rings. The minimum atomic E-state index is -0.365. The zero-order chi connectivity index (χ0) is 15.4. The largest absolute Gasteiger partial charge is 0.391 e. The molecule has 1 saturated heterocycles. The molecule has 0 radical (unpaired) electrons. The number of hydrogen-bond acceptors (Lipinski definition) is 2. The van der Waals surface area contributed by atoms with Gasteiger partial charge < -0.3 is 10.0 Å². The quantitative estimate of drug-likeness (QED) is 0.942. The Kier molecular flexibility index (Phi) is 4.54. The molecule has 3 heteroatoms. The number of β-amino-alcohol motifs (C(OH)–C–C–N with tert-alkyl or cyclic N) is 1. The van der Waals surface area contributed by atoms with E-state index >= 15 is 0 Å². The second-order valence-corrected chi connectivity index (χ2v) is 5.86. The van der Waals surface area contributed by atoms with E-state index in [-0.39, 0.29) is 17.9 Å². The molecule has 3 nitrogen and oxygen atoms in total. The van der Waals surface area contributed by atoms with Crippen molar-refractivity contribution in [1.29, 1.82) is 0 Å². The molecule has 0 unspecified atom stereocenters. The number of rotatable bonds is 4. The first-order valence-electron chi connectivity index (χ1n) is 7.80. The lowest BCUT2D eigenvalue weighted by Gasteiger charge is -2.22. The Morgan fingerprint density at radius 2 is 1.59 bits per heavy atom. The van der Waals surface area contributed by atoms with Crippen LogP contribution in [0.5, 0.6) is 0 Å². The van der Waals surface area contributed by atoms with Crippen molar-refractivity contribution in [2.45, 2.75) is 24.9 Å². The Bertz CT molecular complexity index is 572. The van der Waals surface area contributed by atoms with Gasteiger partial charge in [0.05, 0.1) is 6.10 Å². The summed E-state index contributed by atoms with van der Waals surface area (Å²) in [5, 5.41) is 9.62. The third-order valence-electron chi connectivity index (χ3n) is 4.30. The van der Waals surface area contributed by atoms with E-state index in [1.807, 2.05) is 36.4 Å². The fourth-order valence-electron chi connectivity index (χ4n) is 3.07. The number of hydrogen-bond donors (Lipinski definition) is 1. The van der Waals surface area contributed by atoms with Crippen molar-refractivity contribution in [3.8, 4) is 0 Å². The second-order valence-electron chi connectivity index (χ2n) is 5.86. The van der Waals surface area contributed by atoms with Crippen LogP contribution in [-0.4, -0.2) is 35.1 Å². The number of carbonyl (C=O) groups excluding carboxylic acids is 1. The van der Waals surface area contributed by atoms with Crippen molar-refractivity contribution in [3.05, 3.63) is 71.8 Å². The molecule has 22 heavy (non-hydrogen) atoms. The SMILES string of the molecule is O=C(CC(c1ccccc1)c1ccccc1)N1CC[C@H](O)C1. The van der Waals surface area contributed by atoms with E-state index in [4.69, 9.17) is 0 Å². The Hall–Kier alpha value is -2.13. The lowest BCUT2D eigenvalue weighted by molar-refractivity contribution is -0.130. The van der Waals surface area contributed by atoms with Crippen molar-refractivity contribution in [2.24, 2.45) is 0 Å². The molecule has 1 aliphatic heterocycles. The third-order valence-corrected chi connectivity index (χ3v) is 4.30. The van der Waals surface area contributed by atoms with Gasteiger partial charge in [0.15, 0.2) is 0 Å². The van der Waals surface area contributed by atoms with Crippen molar-refractivity contribution >= 4 is 5.91 Å². The van der Waals surface area contributed by atoms with Crippen LogP contribution in [0, 0.1) is 0 Å². The molecule has 114 valence electrons. The molecular weight excluding hydrogens is 274 g/mol. The molecule has 2 aromatic rings. The first-order valence-corrected chi connectivity index (χ1v) is 7.80. The summed E-state index contributed by atoms with van der Waals surface area (Å²) in [5.41, 5.74) is 2.31. The van der Waals surface area contributed by atoms with Crippen LogP contribution in [-0.2, 0) is 4.79 Å². The van der Waals surface area contributed by atoms with Gasteiger partial charge in [0.1, 0.15) is 0 Å². The van der Waals surface area contributed by atoms with E-state index in [9.17, 15) is 9.90 Å². The minimum Gasteiger partial charge on any atom is -0.391 e. The molecule has 1 N–H and O–H groups in total. The lowest BCUT2D eigenvalue weighted by Crippen LogP contribution is -2.30. The van der Waals surface area contributed by atoms with Gasteiger partial charge in [0.25, 0.3) is 0 Å². The zero-order valence-electron chi connectivity index (χ0n) is 12.6. The fraction of sp³-hybridized carbons (Fsp3) is 0.316. The summed E-state index contributed by atoms with van der Waals surface area (Å²) in [6, 6.07) is 20.3. The molecule has 0 bridgehead atoms. The number of benzene rings is 2. The number of nitrogens with zero attached hydrogens (tertiary/aromatic N) is 1. The summed E-state index contributed by atoms with van der Waals surface area (Å²) in [5.74, 6) is 0.182. The highest BCUT2D eigenvalue weighted by molar-refractivity contribution is 5.78. The van der Waals surface area contributed by atoms with Crippen LogP contribution < -0.4 is 0 Å². The Balaban J connectivity index is 1.82. The summed E-state index contributed by atoms with van der Waals surface area (Å²) in [4.78, 5) is 14.3. The highest BCUT2D eigenvalue weighted by Crippen LogP contribution is 2.29. The van der Waals surface area contributed by atoms with Crippen molar-refractivity contribution < 1.29 is 9.90 Å². The number of aliphatic hydroxyl groups excluding tert-OH is 1.